The molecule has 0 atom stereocenters. The van der Waals surface area contributed by atoms with Crippen molar-refractivity contribution in [3.05, 3.63) is 78.5 Å². The fourth-order valence-corrected chi connectivity index (χ4v) is 3.42. The number of nitrogens with zero attached hydrogens (tertiary/aromatic N) is 3. The predicted molar refractivity (Wildman–Crippen MR) is 119 cm³/mol. The molecular formula is C24H20FN5O2. The van der Waals surface area contributed by atoms with E-state index in [2.05, 4.69) is 25.6 Å². The third kappa shape index (κ3) is 4.26. The van der Waals surface area contributed by atoms with Gasteiger partial charge in [-0.25, -0.2) is 14.4 Å². The Balaban J connectivity index is 1.37. The molecule has 1 saturated heterocycles. The summed E-state index contributed by atoms with van der Waals surface area (Å²) in [7, 11) is 0. The largest absolute Gasteiger partial charge is 0.476 e. The number of hydrogen-bond acceptors (Lipinski definition) is 6. The third-order valence-corrected chi connectivity index (χ3v) is 5.32. The summed E-state index contributed by atoms with van der Waals surface area (Å²) in [6.45, 7) is 2.53. The summed E-state index contributed by atoms with van der Waals surface area (Å²) in [6.07, 6.45) is 4.95. The maximum atomic E-state index is 13.9. The van der Waals surface area contributed by atoms with Crippen molar-refractivity contribution in [2.24, 2.45) is 5.92 Å². The van der Waals surface area contributed by atoms with Crippen molar-refractivity contribution < 1.29 is 13.9 Å². The molecule has 2 aromatic carbocycles. The Hall–Kier alpha value is -3.91. The zero-order valence-corrected chi connectivity index (χ0v) is 17.1. The Kier molecular flexibility index (Phi) is 5.43. The van der Waals surface area contributed by atoms with Crippen molar-refractivity contribution >= 4 is 22.5 Å². The third-order valence-electron chi connectivity index (χ3n) is 5.32. The van der Waals surface area contributed by atoms with Crippen LogP contribution in [-0.2, 0) is 0 Å². The lowest BCUT2D eigenvalue weighted by Gasteiger charge is -2.26. The zero-order valence-electron chi connectivity index (χ0n) is 17.1. The van der Waals surface area contributed by atoms with E-state index in [1.54, 1.807) is 30.7 Å². The maximum Gasteiger partial charge on any atom is 0.259 e. The molecule has 0 radical (unpaired) electrons. The molecule has 0 aliphatic carbocycles. The standard InChI is InChI=1S/C24H20FN5O2/c25-20-4-2-1-3-19(20)24(31)30-22-8-18-7-16(5-6-17(18)11-28-22)21-12-27-13-23(29-21)32-14-15-9-26-10-15/h1-8,11-13,15,26H,9-10,14H2,(H,28,30,31). The molecule has 2 N–H and O–H groups in total. The first-order valence-electron chi connectivity index (χ1n) is 10.3. The number of nitrogens with one attached hydrogen (secondary N) is 2. The first-order valence-corrected chi connectivity index (χ1v) is 10.3. The van der Waals surface area contributed by atoms with Crippen LogP contribution in [0.3, 0.4) is 0 Å². The summed E-state index contributed by atoms with van der Waals surface area (Å²) in [5, 5.41) is 7.62. The van der Waals surface area contributed by atoms with Crippen LogP contribution in [0.1, 0.15) is 10.4 Å². The lowest BCUT2D eigenvalue weighted by molar-refractivity contribution is 0.102. The van der Waals surface area contributed by atoms with Crippen molar-refractivity contribution in [2.75, 3.05) is 25.0 Å². The summed E-state index contributed by atoms with van der Waals surface area (Å²) in [5.74, 6) is 0.194. The van der Waals surface area contributed by atoms with Crippen molar-refractivity contribution in [2.45, 2.75) is 0 Å². The van der Waals surface area contributed by atoms with E-state index in [0.717, 1.165) is 29.4 Å². The predicted octanol–water partition coefficient (Wildman–Crippen LogP) is 3.68. The molecule has 0 saturated carbocycles. The van der Waals surface area contributed by atoms with E-state index in [0.29, 0.717) is 29.9 Å². The minimum atomic E-state index is -0.581. The Bertz CT molecular complexity index is 1290. The minimum Gasteiger partial charge on any atom is -0.476 e. The molecule has 2 aromatic heterocycles. The molecular weight excluding hydrogens is 409 g/mol. The Morgan fingerprint density at radius 1 is 1.09 bits per heavy atom. The normalized spacial score (nSPS) is 13.5. The van der Waals surface area contributed by atoms with Crippen LogP contribution < -0.4 is 15.4 Å². The molecule has 1 amide bonds. The molecule has 1 fully saturated rings. The quantitative estimate of drug-likeness (QED) is 0.486. The molecule has 160 valence electrons. The van der Waals surface area contributed by atoms with Crippen LogP contribution in [0.5, 0.6) is 5.88 Å². The van der Waals surface area contributed by atoms with E-state index >= 15 is 0 Å². The molecule has 8 heteroatoms. The van der Waals surface area contributed by atoms with Gasteiger partial charge in [-0.2, -0.15) is 0 Å². The van der Waals surface area contributed by atoms with Crippen molar-refractivity contribution in [3.8, 4) is 17.1 Å². The van der Waals surface area contributed by atoms with E-state index in [9.17, 15) is 9.18 Å². The van der Waals surface area contributed by atoms with E-state index in [-0.39, 0.29) is 5.56 Å². The van der Waals surface area contributed by atoms with Gasteiger partial charge in [0.2, 0.25) is 5.88 Å². The number of carbonyl (C=O) groups excluding carboxylic acids is 1. The van der Waals surface area contributed by atoms with Crippen molar-refractivity contribution in [3.63, 3.8) is 0 Å². The van der Waals surface area contributed by atoms with Gasteiger partial charge in [0.25, 0.3) is 5.91 Å². The zero-order chi connectivity index (χ0) is 21.9. The smallest absolute Gasteiger partial charge is 0.259 e. The highest BCUT2D eigenvalue weighted by atomic mass is 19.1. The number of fused-ring (bicyclic) bond motifs is 1. The number of benzene rings is 2. The highest BCUT2D eigenvalue weighted by Crippen LogP contribution is 2.25. The fraction of sp³-hybridized carbons (Fsp3) is 0.167. The second-order valence-corrected chi connectivity index (χ2v) is 7.64. The van der Waals surface area contributed by atoms with Gasteiger partial charge in [-0.3, -0.25) is 9.78 Å². The molecule has 1 aliphatic heterocycles. The van der Waals surface area contributed by atoms with Gasteiger partial charge in [-0.1, -0.05) is 24.3 Å². The minimum absolute atomic E-state index is 0.0343. The van der Waals surface area contributed by atoms with Gasteiger partial charge < -0.3 is 15.4 Å². The van der Waals surface area contributed by atoms with Gasteiger partial charge in [0.1, 0.15) is 11.6 Å². The summed E-state index contributed by atoms with van der Waals surface area (Å²) >= 11 is 0. The van der Waals surface area contributed by atoms with Crippen LogP contribution in [0.2, 0.25) is 0 Å². The highest BCUT2D eigenvalue weighted by Gasteiger charge is 2.17. The number of rotatable bonds is 6. The summed E-state index contributed by atoms with van der Waals surface area (Å²) < 4.78 is 19.7. The van der Waals surface area contributed by atoms with Crippen LogP contribution in [0, 0.1) is 11.7 Å². The van der Waals surface area contributed by atoms with Crippen LogP contribution in [0.15, 0.2) is 67.1 Å². The van der Waals surface area contributed by atoms with Crippen LogP contribution in [0.4, 0.5) is 10.2 Å². The highest BCUT2D eigenvalue weighted by molar-refractivity contribution is 6.04. The van der Waals surface area contributed by atoms with Crippen LogP contribution in [0.25, 0.3) is 22.0 Å². The van der Waals surface area contributed by atoms with Gasteiger partial charge in [-0.15, -0.1) is 0 Å². The molecule has 32 heavy (non-hydrogen) atoms. The Morgan fingerprint density at radius 3 is 2.78 bits per heavy atom. The first kappa shape index (κ1) is 20.0. The fourth-order valence-electron chi connectivity index (χ4n) is 3.42. The van der Waals surface area contributed by atoms with E-state index in [4.69, 9.17) is 4.74 Å². The monoisotopic (exact) mass is 429 g/mol. The number of anilines is 1. The average Bonchev–Trinajstić information content (AvgIpc) is 2.78. The molecule has 5 rings (SSSR count). The van der Waals surface area contributed by atoms with Gasteiger partial charge >= 0.3 is 0 Å². The summed E-state index contributed by atoms with van der Waals surface area (Å²) in [4.78, 5) is 25.5. The Morgan fingerprint density at radius 2 is 1.97 bits per heavy atom. The van der Waals surface area contributed by atoms with E-state index in [1.165, 1.54) is 18.2 Å². The molecule has 4 aromatic rings. The number of carbonyl (C=O) groups is 1. The van der Waals surface area contributed by atoms with Crippen molar-refractivity contribution in [1.29, 1.82) is 0 Å². The second kappa shape index (κ2) is 8.68. The average molecular weight is 429 g/mol. The number of halogens is 1. The number of amides is 1. The molecule has 0 unspecified atom stereocenters. The molecule has 7 nitrogen and oxygen atoms in total. The number of hydrogen-bond donors (Lipinski definition) is 2. The van der Waals surface area contributed by atoms with Gasteiger partial charge in [0.15, 0.2) is 0 Å². The Labute approximate surface area is 183 Å². The van der Waals surface area contributed by atoms with Crippen molar-refractivity contribution in [1.82, 2.24) is 20.3 Å². The molecule has 3 heterocycles. The molecule has 1 aliphatic rings. The summed E-state index contributed by atoms with van der Waals surface area (Å²) in [5.41, 5.74) is 1.51. The number of pyridine rings is 1. The van der Waals surface area contributed by atoms with E-state index < -0.39 is 11.7 Å². The lowest BCUT2D eigenvalue weighted by atomic mass is 10.1. The summed E-state index contributed by atoms with van der Waals surface area (Å²) in [6, 6.07) is 13.4. The second-order valence-electron chi connectivity index (χ2n) is 7.64. The lowest BCUT2D eigenvalue weighted by Crippen LogP contribution is -2.45. The maximum absolute atomic E-state index is 13.9. The van der Waals surface area contributed by atoms with Crippen LogP contribution in [-0.4, -0.2) is 40.6 Å². The van der Waals surface area contributed by atoms with Crippen LogP contribution >= 0.6 is 0 Å². The number of ether oxygens (including phenoxy) is 1. The number of aromatic nitrogens is 3. The topological polar surface area (TPSA) is 89.0 Å². The molecule has 0 spiro atoms. The SMILES string of the molecule is O=C(Nc1cc2cc(-c3cncc(OCC4CNC4)n3)ccc2cn1)c1ccccc1F. The van der Waals surface area contributed by atoms with Gasteiger partial charge in [0.05, 0.1) is 30.3 Å². The van der Waals surface area contributed by atoms with E-state index in [1.807, 2.05) is 18.2 Å². The first-order chi connectivity index (χ1) is 15.7. The van der Waals surface area contributed by atoms with Gasteiger partial charge in [-0.05, 0) is 29.7 Å². The molecule has 0 bridgehead atoms. The van der Waals surface area contributed by atoms with Gasteiger partial charge in [0, 0.05) is 36.2 Å².